The SMILES string of the molecule is NC(=O)CCn1cc(CCO)nn1. The van der Waals surface area contributed by atoms with Gasteiger partial charge in [0.2, 0.25) is 5.91 Å². The van der Waals surface area contributed by atoms with Crippen LogP contribution in [0, 0.1) is 0 Å². The number of rotatable bonds is 5. The molecule has 0 fully saturated rings. The van der Waals surface area contributed by atoms with Gasteiger partial charge in [0.25, 0.3) is 0 Å². The number of carbonyl (C=O) groups is 1. The third kappa shape index (κ3) is 3.20. The molecule has 1 heterocycles. The summed E-state index contributed by atoms with van der Waals surface area (Å²) in [4.78, 5) is 10.4. The fourth-order valence-electron chi connectivity index (χ4n) is 0.902. The molecular formula is C7H12N4O2. The van der Waals surface area contributed by atoms with Crippen molar-refractivity contribution in [3.63, 3.8) is 0 Å². The summed E-state index contributed by atoms with van der Waals surface area (Å²) in [6.45, 7) is 0.488. The number of aliphatic hydroxyl groups excluding tert-OH is 1. The van der Waals surface area contributed by atoms with Crippen LogP contribution < -0.4 is 5.73 Å². The number of aromatic nitrogens is 3. The molecule has 0 aliphatic rings. The molecule has 0 unspecified atom stereocenters. The number of amides is 1. The molecule has 13 heavy (non-hydrogen) atoms. The number of aliphatic hydroxyl groups is 1. The minimum absolute atomic E-state index is 0.0501. The van der Waals surface area contributed by atoms with Crippen LogP contribution in [0.1, 0.15) is 12.1 Å². The highest BCUT2D eigenvalue weighted by atomic mass is 16.3. The number of primary amides is 1. The summed E-state index contributed by atoms with van der Waals surface area (Å²) in [6.07, 6.45) is 2.43. The van der Waals surface area contributed by atoms with Gasteiger partial charge in [-0.2, -0.15) is 0 Å². The van der Waals surface area contributed by atoms with Crippen molar-refractivity contribution in [3.05, 3.63) is 11.9 Å². The molecule has 0 aromatic carbocycles. The van der Waals surface area contributed by atoms with Crippen molar-refractivity contribution in [1.29, 1.82) is 0 Å². The van der Waals surface area contributed by atoms with Crippen LogP contribution in [0.2, 0.25) is 0 Å². The Kier molecular flexibility index (Phi) is 3.39. The molecule has 6 heteroatoms. The zero-order valence-corrected chi connectivity index (χ0v) is 7.18. The summed E-state index contributed by atoms with van der Waals surface area (Å²) in [6, 6.07) is 0. The Balaban J connectivity index is 2.44. The smallest absolute Gasteiger partial charge is 0.219 e. The molecule has 0 saturated heterocycles. The predicted molar refractivity (Wildman–Crippen MR) is 44.6 cm³/mol. The van der Waals surface area contributed by atoms with E-state index in [0.29, 0.717) is 18.7 Å². The number of hydrogen-bond donors (Lipinski definition) is 2. The topological polar surface area (TPSA) is 94.0 Å². The number of nitrogens with two attached hydrogens (primary N) is 1. The van der Waals surface area contributed by atoms with E-state index in [9.17, 15) is 4.79 Å². The molecule has 0 aliphatic carbocycles. The summed E-state index contributed by atoms with van der Waals surface area (Å²) in [5.41, 5.74) is 5.68. The average molecular weight is 184 g/mol. The van der Waals surface area contributed by atoms with Crippen molar-refractivity contribution < 1.29 is 9.90 Å². The first-order valence-electron chi connectivity index (χ1n) is 4.00. The second kappa shape index (κ2) is 4.56. The van der Waals surface area contributed by atoms with E-state index in [2.05, 4.69) is 10.3 Å². The minimum atomic E-state index is -0.362. The number of hydrogen-bond acceptors (Lipinski definition) is 4. The predicted octanol–water partition coefficient (Wildman–Crippen LogP) is -1.31. The number of nitrogens with zero attached hydrogens (tertiary/aromatic N) is 3. The van der Waals surface area contributed by atoms with Crippen molar-refractivity contribution >= 4 is 5.91 Å². The van der Waals surface area contributed by atoms with Crippen LogP contribution in [0.15, 0.2) is 6.20 Å². The van der Waals surface area contributed by atoms with E-state index in [4.69, 9.17) is 10.8 Å². The second-order valence-corrected chi connectivity index (χ2v) is 2.66. The standard InChI is InChI=1S/C7H12N4O2/c8-7(13)1-3-11-5-6(2-4-12)9-10-11/h5,12H,1-4H2,(H2,8,13). The van der Waals surface area contributed by atoms with Crippen molar-refractivity contribution in [2.45, 2.75) is 19.4 Å². The molecule has 0 aliphatic heterocycles. The number of carbonyl (C=O) groups excluding carboxylic acids is 1. The Morgan fingerprint density at radius 3 is 3.08 bits per heavy atom. The van der Waals surface area contributed by atoms with E-state index in [1.165, 1.54) is 4.68 Å². The Morgan fingerprint density at radius 1 is 1.69 bits per heavy atom. The molecule has 1 amide bonds. The summed E-state index contributed by atoms with van der Waals surface area (Å²) < 4.78 is 1.54. The Labute approximate surface area is 75.3 Å². The van der Waals surface area contributed by atoms with Gasteiger partial charge >= 0.3 is 0 Å². The van der Waals surface area contributed by atoms with Crippen molar-refractivity contribution in [1.82, 2.24) is 15.0 Å². The van der Waals surface area contributed by atoms with Crippen molar-refractivity contribution in [2.75, 3.05) is 6.61 Å². The molecular weight excluding hydrogens is 172 g/mol. The fourth-order valence-corrected chi connectivity index (χ4v) is 0.902. The van der Waals surface area contributed by atoms with Crippen LogP contribution in [0.25, 0.3) is 0 Å². The van der Waals surface area contributed by atoms with E-state index in [-0.39, 0.29) is 18.9 Å². The molecule has 0 radical (unpaired) electrons. The zero-order valence-electron chi connectivity index (χ0n) is 7.18. The van der Waals surface area contributed by atoms with Gasteiger partial charge in [-0.1, -0.05) is 5.21 Å². The first-order chi connectivity index (χ1) is 6.22. The van der Waals surface area contributed by atoms with Crippen molar-refractivity contribution in [3.8, 4) is 0 Å². The quantitative estimate of drug-likeness (QED) is 0.594. The van der Waals surface area contributed by atoms with Gasteiger partial charge in [-0.05, 0) is 0 Å². The van der Waals surface area contributed by atoms with Crippen LogP contribution in [-0.2, 0) is 17.8 Å². The summed E-state index contributed by atoms with van der Waals surface area (Å²) in [5.74, 6) is -0.362. The van der Waals surface area contributed by atoms with Gasteiger partial charge < -0.3 is 10.8 Å². The highest BCUT2D eigenvalue weighted by molar-refractivity contribution is 5.73. The molecule has 1 aromatic heterocycles. The molecule has 6 nitrogen and oxygen atoms in total. The Bertz CT molecular complexity index is 284. The first-order valence-corrected chi connectivity index (χ1v) is 4.00. The fraction of sp³-hybridized carbons (Fsp3) is 0.571. The molecule has 0 bridgehead atoms. The van der Waals surface area contributed by atoms with Crippen LogP contribution in [0.3, 0.4) is 0 Å². The molecule has 1 aromatic rings. The van der Waals surface area contributed by atoms with E-state index in [1.54, 1.807) is 6.20 Å². The van der Waals surface area contributed by atoms with Gasteiger partial charge in [0.05, 0.1) is 12.2 Å². The van der Waals surface area contributed by atoms with Gasteiger partial charge in [0.15, 0.2) is 0 Å². The molecule has 72 valence electrons. The largest absolute Gasteiger partial charge is 0.396 e. The van der Waals surface area contributed by atoms with Gasteiger partial charge in [-0.25, -0.2) is 0 Å². The molecule has 0 saturated carbocycles. The summed E-state index contributed by atoms with van der Waals surface area (Å²) in [7, 11) is 0. The monoisotopic (exact) mass is 184 g/mol. The van der Waals surface area contributed by atoms with E-state index in [1.807, 2.05) is 0 Å². The number of aryl methyl sites for hydroxylation is 1. The Hall–Kier alpha value is -1.43. The van der Waals surface area contributed by atoms with Gasteiger partial charge in [-0.15, -0.1) is 5.10 Å². The lowest BCUT2D eigenvalue weighted by molar-refractivity contribution is -0.118. The lowest BCUT2D eigenvalue weighted by Gasteiger charge is -1.94. The van der Waals surface area contributed by atoms with E-state index in [0.717, 1.165) is 0 Å². The molecule has 3 N–H and O–H groups in total. The van der Waals surface area contributed by atoms with Gasteiger partial charge in [0.1, 0.15) is 0 Å². The highest BCUT2D eigenvalue weighted by Gasteiger charge is 2.00. The van der Waals surface area contributed by atoms with E-state index < -0.39 is 0 Å². The van der Waals surface area contributed by atoms with Crippen LogP contribution >= 0.6 is 0 Å². The average Bonchev–Trinajstić information content (AvgIpc) is 2.50. The van der Waals surface area contributed by atoms with E-state index >= 15 is 0 Å². The third-order valence-electron chi connectivity index (χ3n) is 1.54. The maximum atomic E-state index is 10.4. The third-order valence-corrected chi connectivity index (χ3v) is 1.54. The van der Waals surface area contributed by atoms with Crippen LogP contribution in [-0.4, -0.2) is 32.6 Å². The minimum Gasteiger partial charge on any atom is -0.396 e. The molecule has 0 atom stereocenters. The zero-order chi connectivity index (χ0) is 9.68. The van der Waals surface area contributed by atoms with Crippen molar-refractivity contribution in [2.24, 2.45) is 5.73 Å². The van der Waals surface area contributed by atoms with Gasteiger partial charge in [-0.3, -0.25) is 9.48 Å². The van der Waals surface area contributed by atoms with Crippen LogP contribution in [0.5, 0.6) is 0 Å². The first kappa shape index (κ1) is 9.66. The second-order valence-electron chi connectivity index (χ2n) is 2.66. The Morgan fingerprint density at radius 2 is 2.46 bits per heavy atom. The maximum Gasteiger partial charge on any atom is 0.219 e. The molecule has 1 rings (SSSR count). The molecule has 0 spiro atoms. The van der Waals surface area contributed by atoms with Crippen LogP contribution in [0.4, 0.5) is 0 Å². The maximum absolute atomic E-state index is 10.4. The summed E-state index contributed by atoms with van der Waals surface area (Å²) >= 11 is 0. The normalized spacial score (nSPS) is 10.2. The summed E-state index contributed by atoms with van der Waals surface area (Å²) in [5, 5.41) is 16.1. The lowest BCUT2D eigenvalue weighted by Crippen LogP contribution is -2.14. The highest BCUT2D eigenvalue weighted by Crippen LogP contribution is 1.94. The van der Waals surface area contributed by atoms with Gasteiger partial charge in [0, 0.05) is 25.6 Å². The lowest BCUT2D eigenvalue weighted by atomic mass is 10.3.